The summed E-state index contributed by atoms with van der Waals surface area (Å²) < 4.78 is 0. The molecule has 0 aromatic heterocycles. The van der Waals surface area contributed by atoms with Gasteiger partial charge in [0.1, 0.15) is 0 Å². The number of carbonyl (C=O) groups is 1. The Morgan fingerprint density at radius 2 is 1.91 bits per heavy atom. The molecule has 0 radical (unpaired) electrons. The minimum atomic E-state index is -0.746. The average Bonchev–Trinajstić information content (AvgIpc) is 2.76. The van der Waals surface area contributed by atoms with Gasteiger partial charge >= 0.3 is 5.97 Å². The quantitative estimate of drug-likeness (QED) is 0.761. The molecule has 3 nitrogen and oxygen atoms in total. The van der Waals surface area contributed by atoms with Crippen LogP contribution in [0.1, 0.15) is 59.8 Å². The third-order valence-electron chi connectivity index (χ3n) is 7.09. The van der Waals surface area contributed by atoms with Crippen molar-refractivity contribution in [3.63, 3.8) is 0 Å². The highest BCUT2D eigenvalue weighted by Crippen LogP contribution is 2.66. The summed E-state index contributed by atoms with van der Waals surface area (Å²) in [6.07, 6.45) is 8.54. The first-order valence-corrected chi connectivity index (χ1v) is 8.77. The van der Waals surface area contributed by atoms with Gasteiger partial charge in [-0.1, -0.05) is 32.9 Å². The van der Waals surface area contributed by atoms with Gasteiger partial charge in [0, 0.05) is 0 Å². The Morgan fingerprint density at radius 3 is 2.50 bits per heavy atom. The summed E-state index contributed by atoms with van der Waals surface area (Å²) in [5.74, 6) is 0.642. The van der Waals surface area contributed by atoms with E-state index in [-0.39, 0.29) is 17.3 Å². The zero-order valence-electron chi connectivity index (χ0n) is 14.3. The molecule has 3 aliphatic rings. The summed E-state index contributed by atoms with van der Waals surface area (Å²) >= 11 is 0. The minimum absolute atomic E-state index is 0.0355. The van der Waals surface area contributed by atoms with Crippen LogP contribution in [0.15, 0.2) is 12.2 Å². The lowest BCUT2D eigenvalue weighted by atomic mass is 9.48. The van der Waals surface area contributed by atoms with E-state index in [1.165, 1.54) is 0 Å². The Hall–Kier alpha value is -0.830. The monoisotopic (exact) mass is 306 g/mol. The Morgan fingerprint density at radius 1 is 1.23 bits per heavy atom. The highest BCUT2D eigenvalue weighted by atomic mass is 16.4. The van der Waals surface area contributed by atoms with Gasteiger partial charge in [0.05, 0.1) is 11.0 Å². The zero-order valence-corrected chi connectivity index (χ0v) is 14.3. The molecule has 124 valence electrons. The van der Waals surface area contributed by atoms with E-state index in [1.807, 2.05) is 13.0 Å². The van der Waals surface area contributed by atoms with E-state index >= 15 is 0 Å². The van der Waals surface area contributed by atoms with Gasteiger partial charge in [-0.3, -0.25) is 4.79 Å². The second kappa shape index (κ2) is 4.83. The number of fused-ring (bicyclic) bond motifs is 3. The van der Waals surface area contributed by atoms with Crippen molar-refractivity contribution in [2.24, 2.45) is 34.5 Å². The molecule has 0 saturated heterocycles. The molecule has 22 heavy (non-hydrogen) atoms. The summed E-state index contributed by atoms with van der Waals surface area (Å²) in [6.45, 7) is 8.47. The molecular weight excluding hydrogens is 276 g/mol. The van der Waals surface area contributed by atoms with Gasteiger partial charge in [0.2, 0.25) is 0 Å². The standard InChI is InChI=1S/C19H30O3/c1-12(2)13-5-6-15-14-7-8-18(4,22)11-17(14,3)9-10-19(13,15)16(20)21/h7-8,12-15,22H,5-6,9-11H2,1-4H3,(H,20,21). The molecule has 3 rings (SSSR count). The van der Waals surface area contributed by atoms with Crippen molar-refractivity contribution in [2.75, 3.05) is 0 Å². The molecule has 0 spiro atoms. The highest BCUT2D eigenvalue weighted by Gasteiger charge is 2.64. The Bertz CT molecular complexity index is 507. The molecule has 6 atom stereocenters. The first-order chi connectivity index (χ1) is 10.1. The molecule has 0 heterocycles. The molecule has 0 aromatic rings. The SMILES string of the molecule is CC(C)C1CCC2C3C=CC(C)(O)CC3(C)CCC12C(=O)O. The summed E-state index contributed by atoms with van der Waals surface area (Å²) in [6, 6.07) is 0. The number of carboxylic acid groups (broad SMARTS) is 1. The number of rotatable bonds is 2. The molecule has 3 heteroatoms. The number of allylic oxidation sites excluding steroid dienone is 1. The minimum Gasteiger partial charge on any atom is -0.481 e. The molecule has 6 unspecified atom stereocenters. The number of hydrogen-bond donors (Lipinski definition) is 2. The zero-order chi connectivity index (χ0) is 16.3. The third-order valence-corrected chi connectivity index (χ3v) is 7.09. The second-order valence-corrected chi connectivity index (χ2v) is 8.95. The van der Waals surface area contributed by atoms with E-state index in [9.17, 15) is 15.0 Å². The van der Waals surface area contributed by atoms with Gasteiger partial charge in [-0.15, -0.1) is 0 Å². The maximum Gasteiger partial charge on any atom is 0.310 e. The van der Waals surface area contributed by atoms with Crippen molar-refractivity contribution >= 4 is 5.97 Å². The van der Waals surface area contributed by atoms with E-state index in [1.54, 1.807) is 0 Å². The lowest BCUT2D eigenvalue weighted by Crippen LogP contribution is -2.54. The predicted octanol–water partition coefficient (Wildman–Crippen LogP) is 3.87. The van der Waals surface area contributed by atoms with Gasteiger partial charge in [-0.25, -0.2) is 0 Å². The average molecular weight is 306 g/mol. The molecule has 0 bridgehead atoms. The largest absolute Gasteiger partial charge is 0.481 e. The first-order valence-electron chi connectivity index (χ1n) is 8.77. The third kappa shape index (κ3) is 2.08. The van der Waals surface area contributed by atoms with Crippen LogP contribution in [-0.4, -0.2) is 21.8 Å². The molecule has 3 aliphatic carbocycles. The van der Waals surface area contributed by atoms with Crippen molar-refractivity contribution < 1.29 is 15.0 Å². The van der Waals surface area contributed by atoms with Crippen LogP contribution in [0.2, 0.25) is 0 Å². The van der Waals surface area contributed by atoms with E-state index in [0.29, 0.717) is 11.8 Å². The van der Waals surface area contributed by atoms with Gasteiger partial charge in [0.15, 0.2) is 0 Å². The molecule has 0 aliphatic heterocycles. The van der Waals surface area contributed by atoms with E-state index < -0.39 is 17.0 Å². The van der Waals surface area contributed by atoms with Crippen LogP contribution in [0.3, 0.4) is 0 Å². The van der Waals surface area contributed by atoms with Crippen molar-refractivity contribution in [1.82, 2.24) is 0 Å². The molecule has 2 saturated carbocycles. The maximum atomic E-state index is 12.3. The fourth-order valence-corrected chi connectivity index (χ4v) is 6.28. The fourth-order valence-electron chi connectivity index (χ4n) is 6.28. The van der Waals surface area contributed by atoms with Gasteiger partial charge in [-0.05, 0) is 68.1 Å². The van der Waals surface area contributed by atoms with Crippen molar-refractivity contribution in [3.8, 4) is 0 Å². The van der Waals surface area contributed by atoms with Crippen molar-refractivity contribution in [1.29, 1.82) is 0 Å². The van der Waals surface area contributed by atoms with Crippen LogP contribution < -0.4 is 0 Å². The van der Waals surface area contributed by atoms with Gasteiger partial charge in [-0.2, -0.15) is 0 Å². The van der Waals surface area contributed by atoms with Crippen molar-refractivity contribution in [3.05, 3.63) is 12.2 Å². The Labute approximate surface area is 133 Å². The van der Waals surface area contributed by atoms with Crippen molar-refractivity contribution in [2.45, 2.75) is 65.4 Å². The molecular formula is C19H30O3. The van der Waals surface area contributed by atoms with E-state index in [4.69, 9.17) is 0 Å². The van der Waals surface area contributed by atoms with Crippen LogP contribution in [0.4, 0.5) is 0 Å². The van der Waals surface area contributed by atoms with Crippen LogP contribution in [0.25, 0.3) is 0 Å². The molecule has 0 amide bonds. The fraction of sp³-hybridized carbons (Fsp3) is 0.842. The Balaban J connectivity index is 2.03. The summed E-state index contributed by atoms with van der Waals surface area (Å²) in [7, 11) is 0. The number of aliphatic carboxylic acids is 1. The summed E-state index contributed by atoms with van der Waals surface area (Å²) in [5.41, 5.74) is -1.26. The smallest absolute Gasteiger partial charge is 0.310 e. The number of carboxylic acids is 1. The lowest BCUT2D eigenvalue weighted by molar-refractivity contribution is -0.166. The lowest BCUT2D eigenvalue weighted by Gasteiger charge is -2.56. The topological polar surface area (TPSA) is 57.5 Å². The summed E-state index contributed by atoms with van der Waals surface area (Å²) in [4.78, 5) is 12.3. The van der Waals surface area contributed by atoms with Crippen LogP contribution >= 0.6 is 0 Å². The van der Waals surface area contributed by atoms with Crippen LogP contribution in [0.5, 0.6) is 0 Å². The van der Waals surface area contributed by atoms with E-state index in [0.717, 1.165) is 32.1 Å². The molecule has 2 fully saturated rings. The van der Waals surface area contributed by atoms with Gasteiger partial charge < -0.3 is 10.2 Å². The molecule has 2 N–H and O–H groups in total. The maximum absolute atomic E-state index is 12.3. The van der Waals surface area contributed by atoms with E-state index in [2.05, 4.69) is 26.8 Å². The second-order valence-electron chi connectivity index (χ2n) is 8.95. The highest BCUT2D eigenvalue weighted by molar-refractivity contribution is 5.76. The molecule has 0 aromatic carbocycles. The van der Waals surface area contributed by atoms with Crippen LogP contribution in [-0.2, 0) is 4.79 Å². The first kappa shape index (κ1) is 16.0. The van der Waals surface area contributed by atoms with Gasteiger partial charge in [0.25, 0.3) is 0 Å². The normalized spacial score (nSPS) is 50.7. The predicted molar refractivity (Wildman–Crippen MR) is 86.3 cm³/mol. The Kier molecular flexibility index (Phi) is 3.52. The summed E-state index contributed by atoms with van der Waals surface area (Å²) in [5, 5.41) is 20.6. The van der Waals surface area contributed by atoms with Crippen LogP contribution in [0, 0.1) is 34.5 Å². The number of aliphatic hydroxyl groups is 1. The number of hydrogen-bond acceptors (Lipinski definition) is 2.